The molecule has 3 nitrogen and oxygen atoms in total. The van der Waals surface area contributed by atoms with E-state index in [1.165, 1.54) is 5.56 Å². The molecule has 1 aliphatic carbocycles. The summed E-state index contributed by atoms with van der Waals surface area (Å²) in [6, 6.07) is 8.02. The molecular formula is C13H16O3. The molecular weight excluding hydrogens is 204 g/mol. The van der Waals surface area contributed by atoms with Gasteiger partial charge in [0.25, 0.3) is 0 Å². The van der Waals surface area contributed by atoms with Gasteiger partial charge in [0.05, 0.1) is 12.5 Å². The van der Waals surface area contributed by atoms with Gasteiger partial charge in [0.2, 0.25) is 0 Å². The lowest BCUT2D eigenvalue weighted by atomic mass is 9.83. The SMILES string of the molecule is O=C(OCCO)C1CCCc2ccccc21. The molecule has 0 amide bonds. The Morgan fingerprint density at radius 2 is 2.25 bits per heavy atom. The van der Waals surface area contributed by atoms with E-state index in [1.807, 2.05) is 18.2 Å². The van der Waals surface area contributed by atoms with E-state index in [1.54, 1.807) is 0 Å². The zero-order valence-electron chi connectivity index (χ0n) is 9.19. The molecule has 1 unspecified atom stereocenters. The van der Waals surface area contributed by atoms with Gasteiger partial charge in [0.15, 0.2) is 0 Å². The summed E-state index contributed by atoms with van der Waals surface area (Å²) in [6.45, 7) is -0.0163. The van der Waals surface area contributed by atoms with Crippen molar-refractivity contribution in [1.29, 1.82) is 0 Å². The summed E-state index contributed by atoms with van der Waals surface area (Å²) in [5.41, 5.74) is 2.34. The second-order valence-corrected chi connectivity index (χ2v) is 4.03. The largest absolute Gasteiger partial charge is 0.463 e. The van der Waals surface area contributed by atoms with Crippen LogP contribution >= 0.6 is 0 Å². The lowest BCUT2D eigenvalue weighted by Crippen LogP contribution is -2.21. The van der Waals surface area contributed by atoms with Gasteiger partial charge in [-0.25, -0.2) is 0 Å². The van der Waals surface area contributed by atoms with E-state index in [9.17, 15) is 4.79 Å². The fourth-order valence-corrected chi connectivity index (χ4v) is 2.25. The molecule has 0 heterocycles. The Hall–Kier alpha value is -1.35. The summed E-state index contributed by atoms with van der Waals surface area (Å²) >= 11 is 0. The standard InChI is InChI=1S/C13H16O3/c14-8-9-16-13(15)12-7-3-5-10-4-1-2-6-11(10)12/h1-2,4,6,12,14H,3,5,7-9H2. The monoisotopic (exact) mass is 220 g/mol. The maximum absolute atomic E-state index is 11.8. The molecule has 0 aromatic heterocycles. The van der Waals surface area contributed by atoms with E-state index in [4.69, 9.17) is 9.84 Å². The van der Waals surface area contributed by atoms with Crippen LogP contribution in [0.1, 0.15) is 29.9 Å². The van der Waals surface area contributed by atoms with Gasteiger partial charge in [0.1, 0.15) is 6.61 Å². The van der Waals surface area contributed by atoms with Crippen molar-refractivity contribution in [1.82, 2.24) is 0 Å². The third-order valence-corrected chi connectivity index (χ3v) is 2.99. The van der Waals surface area contributed by atoms with Crippen LogP contribution in [0.2, 0.25) is 0 Å². The number of aliphatic hydroxyl groups is 1. The van der Waals surface area contributed by atoms with Gasteiger partial charge in [-0.1, -0.05) is 24.3 Å². The van der Waals surface area contributed by atoms with Gasteiger partial charge in [-0.15, -0.1) is 0 Å². The van der Waals surface area contributed by atoms with Gasteiger partial charge in [-0.05, 0) is 30.4 Å². The van der Waals surface area contributed by atoms with Crippen LogP contribution in [0, 0.1) is 0 Å². The van der Waals surface area contributed by atoms with Gasteiger partial charge in [-0.3, -0.25) is 4.79 Å². The number of hydrogen-bond donors (Lipinski definition) is 1. The number of esters is 1. The first-order chi connectivity index (χ1) is 7.83. The Bertz CT molecular complexity index is 373. The zero-order valence-corrected chi connectivity index (χ0v) is 9.19. The first-order valence-electron chi connectivity index (χ1n) is 5.68. The number of hydrogen-bond acceptors (Lipinski definition) is 3. The highest BCUT2D eigenvalue weighted by Gasteiger charge is 2.27. The molecule has 0 saturated carbocycles. The Morgan fingerprint density at radius 1 is 1.44 bits per heavy atom. The van der Waals surface area contributed by atoms with Crippen molar-refractivity contribution in [3.63, 3.8) is 0 Å². The molecule has 1 aromatic rings. The normalized spacial score (nSPS) is 18.9. The number of fused-ring (bicyclic) bond motifs is 1. The van der Waals surface area contributed by atoms with Crippen LogP contribution in [-0.2, 0) is 16.0 Å². The Kier molecular flexibility index (Phi) is 3.57. The van der Waals surface area contributed by atoms with Crippen LogP contribution in [-0.4, -0.2) is 24.3 Å². The number of aliphatic hydroxyl groups excluding tert-OH is 1. The molecule has 86 valence electrons. The Labute approximate surface area is 95.0 Å². The summed E-state index contributed by atoms with van der Waals surface area (Å²) < 4.78 is 5.00. The maximum Gasteiger partial charge on any atom is 0.313 e. The van der Waals surface area contributed by atoms with Gasteiger partial charge in [0, 0.05) is 0 Å². The maximum atomic E-state index is 11.8. The van der Waals surface area contributed by atoms with Gasteiger partial charge in [-0.2, -0.15) is 0 Å². The first kappa shape index (κ1) is 11.1. The van der Waals surface area contributed by atoms with Crippen molar-refractivity contribution in [3.05, 3.63) is 35.4 Å². The average molecular weight is 220 g/mol. The van der Waals surface area contributed by atoms with Gasteiger partial charge < -0.3 is 9.84 Å². The second-order valence-electron chi connectivity index (χ2n) is 4.03. The molecule has 1 atom stereocenters. The predicted octanol–water partition coefficient (Wildman–Crippen LogP) is 1.64. The van der Waals surface area contributed by atoms with Crippen LogP contribution < -0.4 is 0 Å². The van der Waals surface area contributed by atoms with E-state index < -0.39 is 0 Å². The first-order valence-corrected chi connectivity index (χ1v) is 5.68. The minimum absolute atomic E-state index is 0.0947. The van der Waals surface area contributed by atoms with Crippen LogP contribution in [0.4, 0.5) is 0 Å². The molecule has 0 spiro atoms. The van der Waals surface area contributed by atoms with Crippen LogP contribution in [0.5, 0.6) is 0 Å². The number of aryl methyl sites for hydroxylation is 1. The summed E-state index contributed by atoms with van der Waals surface area (Å²) in [4.78, 5) is 11.8. The highest BCUT2D eigenvalue weighted by atomic mass is 16.5. The van der Waals surface area contributed by atoms with Crippen molar-refractivity contribution in [2.24, 2.45) is 0 Å². The molecule has 1 aliphatic rings. The van der Waals surface area contributed by atoms with E-state index in [-0.39, 0.29) is 25.1 Å². The van der Waals surface area contributed by atoms with E-state index in [2.05, 4.69) is 6.07 Å². The number of rotatable bonds is 3. The summed E-state index contributed by atoms with van der Waals surface area (Å²) in [7, 11) is 0. The summed E-state index contributed by atoms with van der Waals surface area (Å²) in [5.74, 6) is -0.349. The average Bonchev–Trinajstić information content (AvgIpc) is 2.35. The topological polar surface area (TPSA) is 46.5 Å². The number of ether oxygens (including phenoxy) is 1. The lowest BCUT2D eigenvalue weighted by Gasteiger charge is -2.23. The van der Waals surface area contributed by atoms with E-state index in [0.29, 0.717) is 0 Å². The van der Waals surface area contributed by atoms with Crippen molar-refractivity contribution < 1.29 is 14.6 Å². The van der Waals surface area contributed by atoms with Crippen molar-refractivity contribution in [3.8, 4) is 0 Å². The molecule has 0 aliphatic heterocycles. The molecule has 16 heavy (non-hydrogen) atoms. The van der Waals surface area contributed by atoms with Crippen molar-refractivity contribution in [2.45, 2.75) is 25.2 Å². The fourth-order valence-electron chi connectivity index (χ4n) is 2.25. The third-order valence-electron chi connectivity index (χ3n) is 2.99. The minimum atomic E-state index is -0.207. The molecule has 0 fully saturated rings. The lowest BCUT2D eigenvalue weighted by molar-refractivity contribution is -0.146. The Balaban J connectivity index is 2.15. The number of carbonyl (C=O) groups is 1. The molecule has 1 N–H and O–H groups in total. The van der Waals surface area contributed by atoms with E-state index >= 15 is 0 Å². The highest BCUT2D eigenvalue weighted by Crippen LogP contribution is 2.32. The molecule has 0 radical (unpaired) electrons. The molecule has 0 saturated heterocycles. The molecule has 3 heteroatoms. The second kappa shape index (κ2) is 5.12. The summed E-state index contributed by atoms with van der Waals surface area (Å²) in [6.07, 6.45) is 2.91. The highest BCUT2D eigenvalue weighted by molar-refractivity contribution is 5.79. The minimum Gasteiger partial charge on any atom is -0.463 e. The molecule has 1 aromatic carbocycles. The number of benzene rings is 1. The predicted molar refractivity (Wildman–Crippen MR) is 60.2 cm³/mol. The smallest absolute Gasteiger partial charge is 0.313 e. The van der Waals surface area contributed by atoms with Crippen molar-refractivity contribution in [2.75, 3.05) is 13.2 Å². The van der Waals surface area contributed by atoms with Crippen LogP contribution in [0.15, 0.2) is 24.3 Å². The quantitative estimate of drug-likeness (QED) is 0.788. The Morgan fingerprint density at radius 3 is 3.06 bits per heavy atom. The van der Waals surface area contributed by atoms with Gasteiger partial charge >= 0.3 is 5.97 Å². The summed E-state index contributed by atoms with van der Waals surface area (Å²) in [5, 5.41) is 8.63. The zero-order chi connectivity index (χ0) is 11.4. The third kappa shape index (κ3) is 2.25. The molecule has 0 bridgehead atoms. The molecule has 2 rings (SSSR count). The number of carbonyl (C=O) groups excluding carboxylic acids is 1. The van der Waals surface area contributed by atoms with Crippen molar-refractivity contribution >= 4 is 5.97 Å². The fraction of sp³-hybridized carbons (Fsp3) is 0.462. The van der Waals surface area contributed by atoms with E-state index in [0.717, 1.165) is 24.8 Å². The van der Waals surface area contributed by atoms with Crippen LogP contribution in [0.25, 0.3) is 0 Å². The van der Waals surface area contributed by atoms with Crippen LogP contribution in [0.3, 0.4) is 0 Å².